The minimum atomic E-state index is 0.119. The van der Waals surface area contributed by atoms with Crippen molar-refractivity contribution in [3.63, 3.8) is 0 Å². The number of unbranched alkanes of at least 4 members (excludes halogenated alkanes) is 2. The van der Waals surface area contributed by atoms with Gasteiger partial charge in [-0.2, -0.15) is 0 Å². The van der Waals surface area contributed by atoms with Crippen LogP contribution < -0.4 is 9.47 Å². The molecule has 1 aromatic rings. The summed E-state index contributed by atoms with van der Waals surface area (Å²) in [6.45, 7) is 3.29. The van der Waals surface area contributed by atoms with Gasteiger partial charge in [0.2, 0.25) is 12.7 Å². The lowest BCUT2D eigenvalue weighted by Crippen LogP contribution is -2.30. The van der Waals surface area contributed by atoms with Crippen LogP contribution in [0, 0.1) is 0 Å². The Morgan fingerprint density at radius 1 is 1.33 bits per heavy atom. The zero-order chi connectivity index (χ0) is 14.7. The van der Waals surface area contributed by atoms with E-state index in [1.807, 2.05) is 34.9 Å². The van der Waals surface area contributed by atoms with E-state index in [2.05, 4.69) is 6.92 Å². The average molecular weight is 307 g/mol. The highest BCUT2D eigenvalue weighted by Crippen LogP contribution is 2.42. The summed E-state index contributed by atoms with van der Waals surface area (Å²) >= 11 is 1.83. The zero-order valence-corrected chi connectivity index (χ0v) is 13.2. The molecule has 0 aliphatic carbocycles. The normalized spacial score (nSPS) is 20.0. The van der Waals surface area contributed by atoms with Gasteiger partial charge in [-0.05, 0) is 24.1 Å². The number of carbonyl (C=O) groups is 1. The first-order chi connectivity index (χ1) is 10.3. The lowest BCUT2D eigenvalue weighted by molar-refractivity contribution is -0.131. The lowest BCUT2D eigenvalue weighted by Gasteiger charge is -2.24. The molecule has 1 atom stereocenters. The quantitative estimate of drug-likeness (QED) is 0.780. The largest absolute Gasteiger partial charge is 0.454 e. The summed E-state index contributed by atoms with van der Waals surface area (Å²) in [5.41, 5.74) is 1.13. The molecule has 1 fully saturated rings. The van der Waals surface area contributed by atoms with E-state index in [1.54, 1.807) is 0 Å². The first kappa shape index (κ1) is 14.6. The van der Waals surface area contributed by atoms with Gasteiger partial charge in [0.25, 0.3) is 0 Å². The van der Waals surface area contributed by atoms with Gasteiger partial charge in [0.05, 0.1) is 0 Å². The Balaban J connectivity index is 1.70. The fourth-order valence-corrected chi connectivity index (χ4v) is 4.01. The van der Waals surface area contributed by atoms with Gasteiger partial charge in [0.15, 0.2) is 11.5 Å². The Hall–Kier alpha value is -1.36. The summed E-state index contributed by atoms with van der Waals surface area (Å²) in [4.78, 5) is 14.4. The van der Waals surface area contributed by atoms with Crippen LogP contribution in [0.3, 0.4) is 0 Å². The maximum atomic E-state index is 12.4. The molecule has 1 amide bonds. The van der Waals surface area contributed by atoms with E-state index >= 15 is 0 Å². The van der Waals surface area contributed by atoms with Gasteiger partial charge in [0.1, 0.15) is 5.37 Å². The van der Waals surface area contributed by atoms with Crippen molar-refractivity contribution in [1.29, 1.82) is 0 Å². The number of hydrogen-bond donors (Lipinski definition) is 0. The smallest absolute Gasteiger partial charge is 0.231 e. The zero-order valence-electron chi connectivity index (χ0n) is 12.3. The van der Waals surface area contributed by atoms with Crippen molar-refractivity contribution in [2.45, 2.75) is 38.0 Å². The van der Waals surface area contributed by atoms with Crippen LogP contribution in [0.2, 0.25) is 0 Å². The second-order valence-electron chi connectivity index (χ2n) is 5.38. The first-order valence-electron chi connectivity index (χ1n) is 7.60. The molecule has 0 aromatic heterocycles. The van der Waals surface area contributed by atoms with Crippen LogP contribution in [0.1, 0.15) is 43.5 Å². The summed E-state index contributed by atoms with van der Waals surface area (Å²) < 4.78 is 10.8. The van der Waals surface area contributed by atoms with Crippen LogP contribution in [0.25, 0.3) is 0 Å². The van der Waals surface area contributed by atoms with E-state index in [0.717, 1.165) is 48.6 Å². The number of carbonyl (C=O) groups excluding carboxylic acids is 1. The van der Waals surface area contributed by atoms with Crippen molar-refractivity contribution >= 4 is 17.7 Å². The molecule has 21 heavy (non-hydrogen) atoms. The molecule has 0 spiro atoms. The summed E-state index contributed by atoms with van der Waals surface area (Å²) in [7, 11) is 0. The van der Waals surface area contributed by atoms with Crippen molar-refractivity contribution in [1.82, 2.24) is 4.90 Å². The van der Waals surface area contributed by atoms with Gasteiger partial charge in [0, 0.05) is 18.7 Å². The van der Waals surface area contributed by atoms with Gasteiger partial charge >= 0.3 is 0 Å². The Morgan fingerprint density at radius 2 is 2.19 bits per heavy atom. The molecule has 2 aliphatic heterocycles. The minimum Gasteiger partial charge on any atom is -0.454 e. The third-order valence-corrected chi connectivity index (χ3v) is 5.15. The van der Waals surface area contributed by atoms with Crippen LogP contribution in [0.4, 0.5) is 0 Å². The Bertz CT molecular complexity index is 520. The van der Waals surface area contributed by atoms with Crippen LogP contribution >= 0.6 is 11.8 Å². The molecule has 114 valence electrons. The number of nitrogens with zero attached hydrogens (tertiary/aromatic N) is 1. The van der Waals surface area contributed by atoms with E-state index in [9.17, 15) is 4.79 Å². The average Bonchev–Trinajstić information content (AvgIpc) is 3.15. The molecule has 1 aromatic carbocycles. The molecule has 0 radical (unpaired) electrons. The number of benzene rings is 1. The maximum Gasteiger partial charge on any atom is 0.231 e. The van der Waals surface area contributed by atoms with E-state index in [1.165, 1.54) is 0 Å². The molecule has 0 saturated carbocycles. The van der Waals surface area contributed by atoms with E-state index in [0.29, 0.717) is 6.42 Å². The summed E-state index contributed by atoms with van der Waals surface area (Å²) in [6.07, 6.45) is 3.93. The first-order valence-corrected chi connectivity index (χ1v) is 8.65. The van der Waals surface area contributed by atoms with Crippen molar-refractivity contribution in [3.05, 3.63) is 23.8 Å². The Kier molecular flexibility index (Phi) is 4.58. The van der Waals surface area contributed by atoms with Crippen LogP contribution in [0.5, 0.6) is 11.5 Å². The number of thioether (sulfide) groups is 1. The fraction of sp³-hybridized carbons (Fsp3) is 0.562. The molecular weight excluding hydrogens is 286 g/mol. The number of ether oxygens (including phenoxy) is 2. The second kappa shape index (κ2) is 6.60. The summed E-state index contributed by atoms with van der Waals surface area (Å²) in [5.74, 6) is 2.86. The molecule has 0 N–H and O–H groups in total. The van der Waals surface area contributed by atoms with Gasteiger partial charge < -0.3 is 14.4 Å². The lowest BCUT2D eigenvalue weighted by atomic mass is 10.1. The van der Waals surface area contributed by atoms with Gasteiger partial charge in [-0.25, -0.2) is 0 Å². The summed E-state index contributed by atoms with van der Waals surface area (Å²) in [6, 6.07) is 6.00. The molecule has 0 unspecified atom stereocenters. The standard InChI is InChI=1S/C16H21NO3S/c1-2-3-4-5-15(18)17-8-9-21-16(17)12-6-7-13-14(10-12)20-11-19-13/h6-7,10,16H,2-5,8-9,11H2,1H3/t16-/m0/s1. The third-order valence-electron chi connectivity index (χ3n) is 3.89. The molecule has 2 heterocycles. The van der Waals surface area contributed by atoms with Crippen molar-refractivity contribution < 1.29 is 14.3 Å². The topological polar surface area (TPSA) is 38.8 Å². The highest BCUT2D eigenvalue weighted by atomic mass is 32.2. The van der Waals surface area contributed by atoms with Crippen molar-refractivity contribution in [2.75, 3.05) is 19.1 Å². The monoisotopic (exact) mass is 307 g/mol. The van der Waals surface area contributed by atoms with Crippen molar-refractivity contribution in [2.24, 2.45) is 0 Å². The van der Waals surface area contributed by atoms with Gasteiger partial charge in [-0.1, -0.05) is 25.8 Å². The van der Waals surface area contributed by atoms with Crippen molar-refractivity contribution in [3.8, 4) is 11.5 Å². The maximum absolute atomic E-state index is 12.4. The molecule has 0 bridgehead atoms. The molecule has 5 heteroatoms. The highest BCUT2D eigenvalue weighted by molar-refractivity contribution is 7.99. The molecule has 1 saturated heterocycles. The third kappa shape index (κ3) is 3.12. The van der Waals surface area contributed by atoms with E-state index in [-0.39, 0.29) is 18.1 Å². The number of fused-ring (bicyclic) bond motifs is 1. The van der Waals surface area contributed by atoms with Gasteiger partial charge in [-0.15, -0.1) is 11.8 Å². The molecular formula is C16H21NO3S. The molecule has 2 aliphatic rings. The van der Waals surface area contributed by atoms with Crippen LogP contribution in [-0.4, -0.2) is 29.9 Å². The van der Waals surface area contributed by atoms with Crippen LogP contribution in [0.15, 0.2) is 18.2 Å². The Labute approximate surface area is 129 Å². The number of hydrogen-bond acceptors (Lipinski definition) is 4. The predicted octanol–water partition coefficient (Wildman–Crippen LogP) is 3.57. The van der Waals surface area contributed by atoms with Crippen LogP contribution in [-0.2, 0) is 4.79 Å². The highest BCUT2D eigenvalue weighted by Gasteiger charge is 2.31. The predicted molar refractivity (Wildman–Crippen MR) is 83.6 cm³/mol. The van der Waals surface area contributed by atoms with E-state index in [4.69, 9.17) is 9.47 Å². The fourth-order valence-electron chi connectivity index (χ4n) is 2.74. The number of amides is 1. The van der Waals surface area contributed by atoms with E-state index < -0.39 is 0 Å². The Morgan fingerprint density at radius 3 is 3.05 bits per heavy atom. The number of rotatable bonds is 5. The molecule has 3 rings (SSSR count). The van der Waals surface area contributed by atoms with Gasteiger partial charge in [-0.3, -0.25) is 4.79 Å². The second-order valence-corrected chi connectivity index (χ2v) is 6.57. The summed E-state index contributed by atoms with van der Waals surface area (Å²) in [5, 5.41) is 0.119. The molecule has 4 nitrogen and oxygen atoms in total. The minimum absolute atomic E-state index is 0.119. The SMILES string of the molecule is CCCCCC(=O)N1CCS[C@H]1c1ccc2c(c1)OCO2.